The van der Waals surface area contributed by atoms with E-state index in [-0.39, 0.29) is 17.7 Å². The van der Waals surface area contributed by atoms with Gasteiger partial charge in [0.2, 0.25) is 5.91 Å². The molecule has 124 valence electrons. The van der Waals surface area contributed by atoms with E-state index >= 15 is 0 Å². The minimum Gasteiger partial charge on any atom is -0.337 e. The summed E-state index contributed by atoms with van der Waals surface area (Å²) in [5, 5.41) is 8.75. The predicted molar refractivity (Wildman–Crippen MR) is 87.3 cm³/mol. The number of piperazine rings is 1. The molecule has 0 unspecified atom stereocenters. The second-order valence-corrected chi connectivity index (χ2v) is 8.10. The maximum atomic E-state index is 12.3. The van der Waals surface area contributed by atoms with Gasteiger partial charge < -0.3 is 9.80 Å². The molecule has 0 spiro atoms. The molecule has 1 fully saturated rings. The van der Waals surface area contributed by atoms with E-state index < -0.39 is 15.6 Å². The fourth-order valence-corrected chi connectivity index (χ4v) is 4.11. The maximum absolute atomic E-state index is 12.3. The molecule has 0 bridgehead atoms. The highest BCUT2D eigenvalue weighted by Crippen LogP contribution is 2.12. The standard InChI is InChI=1S/C16H21N3O3S/c1-13-10-18(2)7-8-19(13)16(20)12-23(21,22)11-15-5-3-14(9-17)4-6-15/h3-6,13H,7-8,10-12H2,1-2H3/t13-/m1/s1. The van der Waals surface area contributed by atoms with E-state index in [0.29, 0.717) is 17.7 Å². The Balaban J connectivity index is 2.00. The first-order valence-corrected chi connectivity index (χ1v) is 9.30. The van der Waals surface area contributed by atoms with Crippen LogP contribution in [0.25, 0.3) is 0 Å². The van der Waals surface area contributed by atoms with Crippen molar-refractivity contribution in [3.8, 4) is 6.07 Å². The highest BCUT2D eigenvalue weighted by Gasteiger charge is 2.28. The highest BCUT2D eigenvalue weighted by molar-refractivity contribution is 7.91. The van der Waals surface area contributed by atoms with Gasteiger partial charge in [-0.05, 0) is 31.7 Å². The van der Waals surface area contributed by atoms with E-state index in [2.05, 4.69) is 4.90 Å². The zero-order valence-corrected chi connectivity index (χ0v) is 14.2. The lowest BCUT2D eigenvalue weighted by Gasteiger charge is -2.38. The van der Waals surface area contributed by atoms with Gasteiger partial charge in [-0.25, -0.2) is 8.42 Å². The summed E-state index contributed by atoms with van der Waals surface area (Å²) in [4.78, 5) is 16.1. The van der Waals surface area contributed by atoms with Crippen molar-refractivity contribution in [2.24, 2.45) is 0 Å². The van der Waals surface area contributed by atoms with Crippen LogP contribution in [0.1, 0.15) is 18.1 Å². The lowest BCUT2D eigenvalue weighted by Crippen LogP contribution is -2.54. The number of sulfone groups is 1. The van der Waals surface area contributed by atoms with Crippen molar-refractivity contribution in [3.05, 3.63) is 35.4 Å². The molecule has 0 N–H and O–H groups in total. The summed E-state index contributed by atoms with van der Waals surface area (Å²) in [5.74, 6) is -0.993. The molecule has 1 saturated heterocycles. The Morgan fingerprint density at radius 3 is 2.52 bits per heavy atom. The number of amides is 1. The van der Waals surface area contributed by atoms with Gasteiger partial charge in [0.25, 0.3) is 0 Å². The Bertz CT molecular complexity index is 707. The quantitative estimate of drug-likeness (QED) is 0.806. The van der Waals surface area contributed by atoms with Crippen molar-refractivity contribution < 1.29 is 13.2 Å². The van der Waals surface area contributed by atoms with Gasteiger partial charge in [-0.2, -0.15) is 5.26 Å². The zero-order valence-electron chi connectivity index (χ0n) is 13.4. The van der Waals surface area contributed by atoms with Crippen molar-refractivity contribution in [3.63, 3.8) is 0 Å². The minimum atomic E-state index is -3.53. The Morgan fingerprint density at radius 1 is 1.30 bits per heavy atom. The van der Waals surface area contributed by atoms with Crippen molar-refractivity contribution in [2.75, 3.05) is 32.4 Å². The van der Waals surface area contributed by atoms with Crippen molar-refractivity contribution in [1.29, 1.82) is 5.26 Å². The largest absolute Gasteiger partial charge is 0.337 e. The van der Waals surface area contributed by atoms with Gasteiger partial charge in [0.15, 0.2) is 9.84 Å². The Kier molecular flexibility index (Phi) is 5.39. The average Bonchev–Trinajstić information content (AvgIpc) is 2.46. The molecular weight excluding hydrogens is 314 g/mol. The first kappa shape index (κ1) is 17.4. The summed E-state index contributed by atoms with van der Waals surface area (Å²) in [6.07, 6.45) is 0. The van der Waals surface area contributed by atoms with Crippen LogP contribution in [0.4, 0.5) is 0 Å². The molecule has 1 aromatic carbocycles. The van der Waals surface area contributed by atoms with Gasteiger partial charge in [-0.15, -0.1) is 0 Å². The van der Waals surface area contributed by atoms with E-state index in [1.165, 1.54) is 0 Å². The van der Waals surface area contributed by atoms with E-state index in [1.54, 1.807) is 29.2 Å². The maximum Gasteiger partial charge on any atom is 0.238 e. The topological polar surface area (TPSA) is 81.5 Å². The second kappa shape index (κ2) is 7.11. The van der Waals surface area contributed by atoms with Crippen LogP contribution in [0, 0.1) is 11.3 Å². The third-order valence-electron chi connectivity index (χ3n) is 3.96. The van der Waals surface area contributed by atoms with Crippen molar-refractivity contribution in [2.45, 2.75) is 18.7 Å². The fraction of sp³-hybridized carbons (Fsp3) is 0.500. The molecular formula is C16H21N3O3S. The molecule has 23 heavy (non-hydrogen) atoms. The molecule has 1 aliphatic heterocycles. The second-order valence-electron chi connectivity index (χ2n) is 6.04. The summed E-state index contributed by atoms with van der Waals surface area (Å²) in [7, 11) is -1.54. The molecule has 0 saturated carbocycles. The summed E-state index contributed by atoms with van der Waals surface area (Å²) >= 11 is 0. The van der Waals surface area contributed by atoms with Crippen LogP contribution in [-0.2, 0) is 20.4 Å². The number of hydrogen-bond donors (Lipinski definition) is 0. The average molecular weight is 335 g/mol. The van der Waals surface area contributed by atoms with Gasteiger partial charge in [0.1, 0.15) is 5.75 Å². The molecule has 1 amide bonds. The smallest absolute Gasteiger partial charge is 0.238 e. The molecule has 1 heterocycles. The van der Waals surface area contributed by atoms with Crippen LogP contribution in [0.5, 0.6) is 0 Å². The number of likely N-dealkylation sites (N-methyl/N-ethyl adjacent to an activating group) is 1. The summed E-state index contributed by atoms with van der Waals surface area (Å²) in [6.45, 7) is 4.00. The third-order valence-corrected chi connectivity index (χ3v) is 5.42. The zero-order chi connectivity index (χ0) is 17.0. The van der Waals surface area contributed by atoms with Crippen LogP contribution >= 0.6 is 0 Å². The molecule has 2 rings (SSSR count). The summed E-state index contributed by atoms with van der Waals surface area (Å²) in [6, 6.07) is 8.38. The van der Waals surface area contributed by atoms with E-state index in [9.17, 15) is 13.2 Å². The predicted octanol–water partition coefficient (Wildman–Crippen LogP) is 0.636. The lowest BCUT2D eigenvalue weighted by atomic mass is 10.2. The third kappa shape index (κ3) is 4.78. The van der Waals surface area contributed by atoms with Crippen LogP contribution < -0.4 is 0 Å². The van der Waals surface area contributed by atoms with E-state index in [0.717, 1.165) is 13.1 Å². The molecule has 0 aromatic heterocycles. The number of benzene rings is 1. The van der Waals surface area contributed by atoms with Gasteiger partial charge >= 0.3 is 0 Å². The minimum absolute atomic E-state index is 0.0198. The van der Waals surface area contributed by atoms with Gasteiger partial charge in [0.05, 0.1) is 17.4 Å². The first-order valence-electron chi connectivity index (χ1n) is 7.48. The van der Waals surface area contributed by atoms with Crippen LogP contribution in [0.2, 0.25) is 0 Å². The number of carbonyl (C=O) groups is 1. The SMILES string of the molecule is C[C@@H]1CN(C)CCN1C(=O)CS(=O)(=O)Cc1ccc(C#N)cc1. The molecule has 0 aliphatic carbocycles. The number of rotatable bonds is 4. The Morgan fingerprint density at radius 2 is 1.96 bits per heavy atom. The van der Waals surface area contributed by atoms with Gasteiger partial charge in [-0.1, -0.05) is 12.1 Å². The van der Waals surface area contributed by atoms with Gasteiger partial charge in [-0.3, -0.25) is 4.79 Å². The number of nitrogens with zero attached hydrogens (tertiary/aromatic N) is 3. The van der Waals surface area contributed by atoms with Crippen molar-refractivity contribution in [1.82, 2.24) is 9.80 Å². The van der Waals surface area contributed by atoms with E-state index in [4.69, 9.17) is 5.26 Å². The van der Waals surface area contributed by atoms with E-state index in [1.807, 2.05) is 20.0 Å². The summed E-state index contributed by atoms with van der Waals surface area (Å²) < 4.78 is 24.5. The number of hydrogen-bond acceptors (Lipinski definition) is 5. The van der Waals surface area contributed by atoms with Crippen LogP contribution in [-0.4, -0.2) is 62.6 Å². The van der Waals surface area contributed by atoms with Crippen LogP contribution in [0.3, 0.4) is 0 Å². The summed E-state index contributed by atoms with van der Waals surface area (Å²) in [5.41, 5.74) is 1.07. The highest BCUT2D eigenvalue weighted by atomic mass is 32.2. The van der Waals surface area contributed by atoms with Gasteiger partial charge in [0, 0.05) is 25.7 Å². The molecule has 1 atom stereocenters. The Hall–Kier alpha value is -1.91. The normalized spacial score (nSPS) is 19.3. The molecule has 7 heteroatoms. The molecule has 1 aliphatic rings. The fourth-order valence-electron chi connectivity index (χ4n) is 2.76. The molecule has 1 aromatic rings. The lowest BCUT2D eigenvalue weighted by molar-refractivity contribution is -0.132. The van der Waals surface area contributed by atoms with Crippen molar-refractivity contribution >= 4 is 15.7 Å². The van der Waals surface area contributed by atoms with Crippen LogP contribution in [0.15, 0.2) is 24.3 Å². The Labute approximate surface area is 137 Å². The molecule has 0 radical (unpaired) electrons. The monoisotopic (exact) mass is 335 g/mol. The molecule has 6 nitrogen and oxygen atoms in total. The number of carbonyl (C=O) groups excluding carboxylic acids is 1. The first-order chi connectivity index (χ1) is 10.8. The number of nitriles is 1.